The lowest BCUT2D eigenvalue weighted by atomic mass is 10.1. The maximum absolute atomic E-state index is 5.55. The molecule has 0 atom stereocenters. The molecule has 0 spiro atoms. The summed E-state index contributed by atoms with van der Waals surface area (Å²) in [4.78, 5) is 4.38. The third-order valence-electron chi connectivity index (χ3n) is 4.07. The Balaban J connectivity index is 1.68. The summed E-state index contributed by atoms with van der Waals surface area (Å²) in [5.41, 5.74) is 3.26. The van der Waals surface area contributed by atoms with E-state index in [9.17, 15) is 0 Å². The first kappa shape index (κ1) is 16.6. The van der Waals surface area contributed by atoms with Crippen molar-refractivity contribution in [1.29, 1.82) is 0 Å². The largest absolute Gasteiger partial charge is 0.467 e. The summed E-state index contributed by atoms with van der Waals surface area (Å²) in [5, 5.41) is 9.76. The molecule has 0 N–H and O–H groups in total. The Morgan fingerprint density at radius 3 is 2.65 bits per heavy atom. The molecule has 0 fully saturated rings. The standard InChI is InChI=1S/C20H18N4OS/c1-15-7-2-3-10-18(15)19-22-23-20(24(19)13-17-9-6-12-25-17)26-14-16-8-4-5-11-21-16/h2-12H,13-14H2,1H3. The highest BCUT2D eigenvalue weighted by Crippen LogP contribution is 2.28. The van der Waals surface area contributed by atoms with E-state index in [1.54, 1.807) is 18.0 Å². The fourth-order valence-corrected chi connectivity index (χ4v) is 3.59. The van der Waals surface area contributed by atoms with Gasteiger partial charge in [0.25, 0.3) is 0 Å². The fourth-order valence-electron chi connectivity index (χ4n) is 2.74. The number of benzene rings is 1. The van der Waals surface area contributed by atoms with Crippen molar-refractivity contribution in [3.05, 3.63) is 84.1 Å². The van der Waals surface area contributed by atoms with E-state index in [2.05, 4.69) is 38.8 Å². The molecule has 0 unspecified atom stereocenters. The number of rotatable bonds is 6. The second kappa shape index (κ2) is 7.58. The van der Waals surface area contributed by atoms with Gasteiger partial charge in [-0.3, -0.25) is 9.55 Å². The van der Waals surface area contributed by atoms with Crippen LogP contribution in [0.4, 0.5) is 0 Å². The zero-order chi connectivity index (χ0) is 17.8. The minimum absolute atomic E-state index is 0.591. The van der Waals surface area contributed by atoms with E-state index >= 15 is 0 Å². The van der Waals surface area contributed by atoms with Crippen molar-refractivity contribution >= 4 is 11.8 Å². The van der Waals surface area contributed by atoms with Gasteiger partial charge < -0.3 is 4.42 Å². The average molecular weight is 362 g/mol. The van der Waals surface area contributed by atoms with Gasteiger partial charge >= 0.3 is 0 Å². The predicted octanol–water partition coefficient (Wildman–Crippen LogP) is 4.58. The van der Waals surface area contributed by atoms with Crippen LogP contribution in [0.5, 0.6) is 0 Å². The molecule has 6 heteroatoms. The summed E-state index contributed by atoms with van der Waals surface area (Å²) in [6, 6.07) is 18.0. The fraction of sp³-hybridized carbons (Fsp3) is 0.150. The van der Waals surface area contributed by atoms with Gasteiger partial charge in [0.2, 0.25) is 0 Å². The van der Waals surface area contributed by atoms with Crippen LogP contribution >= 0.6 is 11.8 Å². The van der Waals surface area contributed by atoms with Gasteiger partial charge in [-0.25, -0.2) is 0 Å². The lowest BCUT2D eigenvalue weighted by Crippen LogP contribution is -2.04. The molecule has 3 heterocycles. The molecule has 0 saturated carbocycles. The van der Waals surface area contributed by atoms with Gasteiger partial charge in [0, 0.05) is 17.5 Å². The minimum Gasteiger partial charge on any atom is -0.467 e. The van der Waals surface area contributed by atoms with Crippen molar-refractivity contribution in [2.75, 3.05) is 0 Å². The molecule has 4 aromatic rings. The molecule has 0 saturated heterocycles. The summed E-state index contributed by atoms with van der Waals surface area (Å²) < 4.78 is 7.65. The van der Waals surface area contributed by atoms with E-state index in [0.717, 1.165) is 33.8 Å². The molecule has 0 aliphatic rings. The quantitative estimate of drug-likeness (QED) is 0.470. The summed E-state index contributed by atoms with van der Waals surface area (Å²) in [5.74, 6) is 2.47. The van der Waals surface area contributed by atoms with Gasteiger partial charge in [-0.15, -0.1) is 10.2 Å². The Morgan fingerprint density at radius 2 is 1.88 bits per heavy atom. The highest BCUT2D eigenvalue weighted by atomic mass is 32.2. The van der Waals surface area contributed by atoms with Crippen LogP contribution in [0.25, 0.3) is 11.4 Å². The summed E-state index contributed by atoms with van der Waals surface area (Å²) in [6.45, 7) is 2.68. The highest BCUT2D eigenvalue weighted by Gasteiger charge is 2.17. The molecule has 0 radical (unpaired) electrons. The van der Waals surface area contributed by atoms with E-state index < -0.39 is 0 Å². The number of nitrogens with zero attached hydrogens (tertiary/aromatic N) is 4. The molecule has 0 aliphatic carbocycles. The second-order valence-electron chi connectivity index (χ2n) is 5.90. The SMILES string of the molecule is Cc1ccccc1-c1nnc(SCc2ccccn2)n1Cc1ccco1. The molecule has 0 amide bonds. The third-order valence-corrected chi connectivity index (χ3v) is 5.07. The van der Waals surface area contributed by atoms with E-state index in [0.29, 0.717) is 6.54 Å². The summed E-state index contributed by atoms with van der Waals surface area (Å²) in [6.07, 6.45) is 3.50. The van der Waals surface area contributed by atoms with E-state index in [4.69, 9.17) is 4.42 Å². The molecule has 5 nitrogen and oxygen atoms in total. The van der Waals surface area contributed by atoms with Crippen LogP contribution in [-0.4, -0.2) is 19.7 Å². The zero-order valence-corrected chi connectivity index (χ0v) is 15.2. The lowest BCUT2D eigenvalue weighted by Gasteiger charge is -2.10. The summed E-state index contributed by atoms with van der Waals surface area (Å²) in [7, 11) is 0. The smallest absolute Gasteiger partial charge is 0.192 e. The minimum atomic E-state index is 0.591. The topological polar surface area (TPSA) is 56.7 Å². The molecule has 0 bridgehead atoms. The van der Waals surface area contributed by atoms with Crippen molar-refractivity contribution in [2.45, 2.75) is 24.4 Å². The Labute approximate surface area is 156 Å². The number of aryl methyl sites for hydroxylation is 1. The number of aromatic nitrogens is 4. The van der Waals surface area contributed by atoms with E-state index in [-0.39, 0.29) is 0 Å². The molecule has 4 rings (SSSR count). The maximum Gasteiger partial charge on any atom is 0.192 e. The molecule has 26 heavy (non-hydrogen) atoms. The first-order valence-electron chi connectivity index (χ1n) is 8.35. The Bertz CT molecular complexity index is 980. The van der Waals surface area contributed by atoms with Crippen molar-refractivity contribution in [3.8, 4) is 11.4 Å². The second-order valence-corrected chi connectivity index (χ2v) is 6.84. The van der Waals surface area contributed by atoms with Gasteiger partial charge in [-0.2, -0.15) is 0 Å². The van der Waals surface area contributed by atoms with Gasteiger partial charge in [-0.05, 0) is 36.8 Å². The normalized spacial score (nSPS) is 11.0. The van der Waals surface area contributed by atoms with Gasteiger partial charge in [0.05, 0.1) is 18.5 Å². The van der Waals surface area contributed by atoms with Crippen molar-refractivity contribution in [1.82, 2.24) is 19.7 Å². The Hall–Kier alpha value is -2.86. The van der Waals surface area contributed by atoms with Crippen molar-refractivity contribution < 1.29 is 4.42 Å². The first-order valence-corrected chi connectivity index (χ1v) is 9.34. The molecule has 130 valence electrons. The first-order chi connectivity index (χ1) is 12.8. The van der Waals surface area contributed by atoms with Crippen LogP contribution < -0.4 is 0 Å². The maximum atomic E-state index is 5.55. The average Bonchev–Trinajstić information content (AvgIpc) is 3.32. The van der Waals surface area contributed by atoms with E-state index in [1.807, 2.05) is 48.7 Å². The number of pyridine rings is 1. The van der Waals surface area contributed by atoms with Gasteiger partial charge in [0.15, 0.2) is 11.0 Å². The van der Waals surface area contributed by atoms with Crippen LogP contribution in [0.1, 0.15) is 17.0 Å². The van der Waals surface area contributed by atoms with Gasteiger partial charge in [0.1, 0.15) is 5.76 Å². The monoisotopic (exact) mass is 362 g/mol. The number of furan rings is 1. The van der Waals surface area contributed by atoms with Crippen LogP contribution in [0.2, 0.25) is 0 Å². The number of hydrogen-bond acceptors (Lipinski definition) is 5. The van der Waals surface area contributed by atoms with Gasteiger partial charge in [-0.1, -0.05) is 42.1 Å². The highest BCUT2D eigenvalue weighted by molar-refractivity contribution is 7.98. The summed E-state index contributed by atoms with van der Waals surface area (Å²) >= 11 is 1.63. The third kappa shape index (κ3) is 3.55. The number of thioether (sulfide) groups is 1. The molecule has 1 aromatic carbocycles. The Morgan fingerprint density at radius 1 is 1.00 bits per heavy atom. The molecular formula is C20H18N4OS. The van der Waals surface area contributed by atoms with Crippen LogP contribution in [0.3, 0.4) is 0 Å². The van der Waals surface area contributed by atoms with Crippen LogP contribution in [0.15, 0.2) is 76.6 Å². The van der Waals surface area contributed by atoms with E-state index in [1.165, 1.54) is 5.56 Å². The zero-order valence-electron chi connectivity index (χ0n) is 14.4. The van der Waals surface area contributed by atoms with Crippen LogP contribution in [0, 0.1) is 6.92 Å². The molecular weight excluding hydrogens is 344 g/mol. The number of hydrogen-bond donors (Lipinski definition) is 0. The van der Waals surface area contributed by atoms with Crippen molar-refractivity contribution in [3.63, 3.8) is 0 Å². The lowest BCUT2D eigenvalue weighted by molar-refractivity contribution is 0.485. The van der Waals surface area contributed by atoms with Crippen LogP contribution in [-0.2, 0) is 12.3 Å². The predicted molar refractivity (Wildman–Crippen MR) is 102 cm³/mol. The Kier molecular flexibility index (Phi) is 4.84. The molecule has 0 aliphatic heterocycles. The van der Waals surface area contributed by atoms with Crippen molar-refractivity contribution in [2.24, 2.45) is 0 Å². The molecule has 3 aromatic heterocycles.